The van der Waals surface area contributed by atoms with E-state index in [1.807, 2.05) is 0 Å². The highest BCUT2D eigenvalue weighted by atomic mass is 32.2. The van der Waals surface area contributed by atoms with Crippen molar-refractivity contribution < 1.29 is 13.2 Å². The number of unbranched alkanes of at least 4 members (excludes halogenated alkanes) is 1. The van der Waals surface area contributed by atoms with Gasteiger partial charge in [-0.15, -0.1) is 0 Å². The molecule has 1 aromatic rings. The van der Waals surface area contributed by atoms with E-state index in [1.54, 1.807) is 0 Å². The SMILES string of the molecule is NC(=O)CCCCNS(=O)(=O)c1cn[nH]c1N. The second-order valence-corrected chi connectivity index (χ2v) is 5.20. The molecule has 0 aliphatic heterocycles. The normalized spacial score (nSPS) is 11.5. The molecule has 9 heteroatoms. The predicted octanol–water partition coefficient (Wildman–Crippen LogP) is -1.07. The summed E-state index contributed by atoms with van der Waals surface area (Å²) in [4.78, 5) is 10.4. The van der Waals surface area contributed by atoms with Gasteiger partial charge in [0.25, 0.3) is 0 Å². The van der Waals surface area contributed by atoms with E-state index < -0.39 is 15.9 Å². The molecular weight excluding hydrogens is 246 g/mol. The highest BCUT2D eigenvalue weighted by Gasteiger charge is 2.18. The molecule has 0 radical (unpaired) electrons. The summed E-state index contributed by atoms with van der Waals surface area (Å²) < 4.78 is 25.7. The summed E-state index contributed by atoms with van der Waals surface area (Å²) in [5.41, 5.74) is 10.3. The number of aromatic nitrogens is 2. The molecule has 1 rings (SSSR count). The van der Waals surface area contributed by atoms with Crippen LogP contribution in [0.25, 0.3) is 0 Å². The van der Waals surface area contributed by atoms with Gasteiger partial charge in [-0.1, -0.05) is 0 Å². The zero-order valence-electron chi connectivity index (χ0n) is 9.14. The van der Waals surface area contributed by atoms with Gasteiger partial charge in [0.15, 0.2) is 0 Å². The van der Waals surface area contributed by atoms with Gasteiger partial charge in [0.05, 0.1) is 6.20 Å². The van der Waals surface area contributed by atoms with E-state index in [2.05, 4.69) is 14.9 Å². The molecular formula is C8H15N5O3S. The number of H-pyrrole nitrogens is 1. The van der Waals surface area contributed by atoms with Crippen LogP contribution in [-0.2, 0) is 14.8 Å². The molecule has 0 aliphatic rings. The average Bonchev–Trinajstić information content (AvgIpc) is 2.64. The van der Waals surface area contributed by atoms with Crippen LogP contribution in [0.1, 0.15) is 19.3 Å². The van der Waals surface area contributed by atoms with E-state index in [-0.39, 0.29) is 23.7 Å². The van der Waals surface area contributed by atoms with Crippen LogP contribution in [0, 0.1) is 0 Å². The number of nitrogen functional groups attached to an aromatic ring is 1. The largest absolute Gasteiger partial charge is 0.383 e. The summed E-state index contributed by atoms with van der Waals surface area (Å²) in [7, 11) is -3.63. The lowest BCUT2D eigenvalue weighted by Gasteiger charge is -2.04. The van der Waals surface area contributed by atoms with Crippen molar-refractivity contribution in [3.63, 3.8) is 0 Å². The summed E-state index contributed by atoms with van der Waals surface area (Å²) in [6.07, 6.45) is 2.45. The Balaban J connectivity index is 2.41. The van der Waals surface area contributed by atoms with Crippen LogP contribution in [-0.4, -0.2) is 31.1 Å². The molecule has 0 fully saturated rings. The average molecular weight is 261 g/mol. The van der Waals surface area contributed by atoms with Crippen molar-refractivity contribution in [2.24, 2.45) is 5.73 Å². The van der Waals surface area contributed by atoms with Gasteiger partial charge < -0.3 is 11.5 Å². The first-order chi connectivity index (χ1) is 7.93. The maximum Gasteiger partial charge on any atom is 0.245 e. The zero-order chi connectivity index (χ0) is 12.9. The molecule has 17 heavy (non-hydrogen) atoms. The number of carbonyl (C=O) groups is 1. The molecule has 0 saturated heterocycles. The Hall–Kier alpha value is -1.61. The summed E-state index contributed by atoms with van der Waals surface area (Å²) in [5, 5.41) is 5.86. The van der Waals surface area contributed by atoms with Crippen molar-refractivity contribution >= 4 is 21.7 Å². The number of nitrogens with two attached hydrogens (primary N) is 2. The van der Waals surface area contributed by atoms with Crippen molar-refractivity contribution in [2.75, 3.05) is 12.3 Å². The van der Waals surface area contributed by atoms with Crippen LogP contribution in [0.2, 0.25) is 0 Å². The topological polar surface area (TPSA) is 144 Å². The van der Waals surface area contributed by atoms with Gasteiger partial charge in [-0.3, -0.25) is 9.89 Å². The fraction of sp³-hybridized carbons (Fsp3) is 0.500. The van der Waals surface area contributed by atoms with E-state index in [4.69, 9.17) is 11.5 Å². The monoisotopic (exact) mass is 261 g/mol. The third-order valence-corrected chi connectivity index (χ3v) is 3.55. The van der Waals surface area contributed by atoms with Crippen molar-refractivity contribution in [3.8, 4) is 0 Å². The minimum atomic E-state index is -3.63. The van der Waals surface area contributed by atoms with Crippen LogP contribution in [0.15, 0.2) is 11.1 Å². The van der Waals surface area contributed by atoms with Crippen LogP contribution < -0.4 is 16.2 Å². The number of hydrogen-bond acceptors (Lipinski definition) is 5. The molecule has 1 amide bonds. The molecule has 0 spiro atoms. The summed E-state index contributed by atoms with van der Waals surface area (Å²) in [6.45, 7) is 0.222. The fourth-order valence-corrected chi connectivity index (χ4v) is 2.30. The van der Waals surface area contributed by atoms with Crippen LogP contribution in [0.4, 0.5) is 5.82 Å². The van der Waals surface area contributed by atoms with Gasteiger partial charge in [0.1, 0.15) is 10.7 Å². The third kappa shape index (κ3) is 4.04. The lowest BCUT2D eigenvalue weighted by atomic mass is 10.2. The molecule has 0 aliphatic carbocycles. The van der Waals surface area contributed by atoms with Gasteiger partial charge in [0.2, 0.25) is 15.9 Å². The number of carbonyl (C=O) groups excluding carboxylic acids is 1. The molecule has 0 bridgehead atoms. The first-order valence-corrected chi connectivity index (χ1v) is 6.48. The number of nitrogens with one attached hydrogen (secondary N) is 2. The second-order valence-electron chi connectivity index (χ2n) is 3.47. The molecule has 6 N–H and O–H groups in total. The number of rotatable bonds is 7. The Bertz CT molecular complexity index is 481. The third-order valence-electron chi connectivity index (χ3n) is 2.06. The van der Waals surface area contributed by atoms with E-state index in [1.165, 1.54) is 0 Å². The number of sulfonamides is 1. The molecule has 0 unspecified atom stereocenters. The first-order valence-electron chi connectivity index (χ1n) is 5.00. The Morgan fingerprint density at radius 1 is 1.47 bits per heavy atom. The number of primary amides is 1. The second kappa shape index (κ2) is 5.64. The Morgan fingerprint density at radius 3 is 2.71 bits per heavy atom. The number of anilines is 1. The number of hydrogen-bond donors (Lipinski definition) is 4. The van der Waals surface area contributed by atoms with Gasteiger partial charge in [-0.05, 0) is 12.8 Å². The zero-order valence-corrected chi connectivity index (χ0v) is 9.96. The summed E-state index contributed by atoms with van der Waals surface area (Å²) >= 11 is 0. The number of nitrogens with zero attached hydrogens (tertiary/aromatic N) is 1. The molecule has 0 saturated carbocycles. The Labute approximate surface area is 98.8 Å². The highest BCUT2D eigenvalue weighted by molar-refractivity contribution is 7.89. The molecule has 8 nitrogen and oxygen atoms in total. The van der Waals surface area contributed by atoms with Crippen LogP contribution >= 0.6 is 0 Å². The number of amides is 1. The van der Waals surface area contributed by atoms with Crippen molar-refractivity contribution in [2.45, 2.75) is 24.2 Å². The maximum absolute atomic E-state index is 11.7. The molecule has 1 aromatic heterocycles. The van der Waals surface area contributed by atoms with Crippen LogP contribution in [0.3, 0.4) is 0 Å². The molecule has 96 valence electrons. The van der Waals surface area contributed by atoms with Crippen molar-refractivity contribution in [3.05, 3.63) is 6.20 Å². The van der Waals surface area contributed by atoms with E-state index in [0.29, 0.717) is 12.8 Å². The standard InChI is InChI=1S/C8H15N5O3S/c9-7(14)3-1-2-4-12-17(15,16)6-5-11-13-8(6)10/h5,12H,1-4H2,(H2,9,14)(H3,10,11,13). The van der Waals surface area contributed by atoms with Gasteiger partial charge in [-0.2, -0.15) is 5.10 Å². The minimum Gasteiger partial charge on any atom is -0.383 e. The lowest BCUT2D eigenvalue weighted by Crippen LogP contribution is -2.25. The first kappa shape index (κ1) is 13.5. The van der Waals surface area contributed by atoms with Gasteiger partial charge in [-0.25, -0.2) is 13.1 Å². The Kier molecular flexibility index (Phi) is 4.46. The predicted molar refractivity (Wildman–Crippen MR) is 61.2 cm³/mol. The number of aromatic amines is 1. The van der Waals surface area contributed by atoms with Crippen molar-refractivity contribution in [1.82, 2.24) is 14.9 Å². The quantitative estimate of drug-likeness (QED) is 0.462. The van der Waals surface area contributed by atoms with Gasteiger partial charge in [0, 0.05) is 13.0 Å². The Morgan fingerprint density at radius 2 is 2.18 bits per heavy atom. The maximum atomic E-state index is 11.7. The molecule has 1 heterocycles. The molecule has 0 aromatic carbocycles. The minimum absolute atomic E-state index is 0.00497. The van der Waals surface area contributed by atoms with E-state index >= 15 is 0 Å². The van der Waals surface area contributed by atoms with E-state index in [9.17, 15) is 13.2 Å². The molecule has 0 atom stereocenters. The van der Waals surface area contributed by atoms with Gasteiger partial charge >= 0.3 is 0 Å². The summed E-state index contributed by atoms with van der Waals surface area (Å²) in [5.74, 6) is -0.401. The summed E-state index contributed by atoms with van der Waals surface area (Å²) in [6, 6.07) is 0. The van der Waals surface area contributed by atoms with E-state index in [0.717, 1.165) is 6.20 Å². The smallest absolute Gasteiger partial charge is 0.245 e. The van der Waals surface area contributed by atoms with Crippen LogP contribution in [0.5, 0.6) is 0 Å². The van der Waals surface area contributed by atoms with Crippen molar-refractivity contribution in [1.29, 1.82) is 0 Å². The lowest BCUT2D eigenvalue weighted by molar-refractivity contribution is -0.118. The highest BCUT2D eigenvalue weighted by Crippen LogP contribution is 2.13. The fourth-order valence-electron chi connectivity index (χ4n) is 1.21.